The van der Waals surface area contributed by atoms with E-state index in [2.05, 4.69) is 5.32 Å². The van der Waals surface area contributed by atoms with Gasteiger partial charge in [0.25, 0.3) is 0 Å². The van der Waals surface area contributed by atoms with Crippen LogP contribution >= 0.6 is 0 Å². The topological polar surface area (TPSA) is 58.6 Å². The maximum atomic E-state index is 11.4. The Bertz CT molecular complexity index is 352. The number of hydrogen-bond acceptors (Lipinski definition) is 3. The first-order chi connectivity index (χ1) is 8.26. The number of rotatable bonds is 7. The second-order valence-corrected chi connectivity index (χ2v) is 3.78. The van der Waals surface area contributed by atoms with E-state index in [9.17, 15) is 4.79 Å². The number of carbonyl (C=O) groups excluding carboxylic acids is 1. The molecule has 4 nitrogen and oxygen atoms in total. The highest BCUT2D eigenvalue weighted by molar-refractivity contribution is 5.76. The molecule has 0 saturated carbocycles. The van der Waals surface area contributed by atoms with Crippen molar-refractivity contribution in [3.05, 3.63) is 29.8 Å². The number of amides is 1. The van der Waals surface area contributed by atoms with Gasteiger partial charge in [-0.2, -0.15) is 0 Å². The molecule has 0 aromatic heterocycles. The quantitative estimate of drug-likeness (QED) is 0.699. The highest BCUT2D eigenvalue weighted by atomic mass is 16.5. The molecule has 0 spiro atoms. The molecule has 2 N–H and O–H groups in total. The first-order valence-electron chi connectivity index (χ1n) is 5.76. The Balaban J connectivity index is 2.31. The lowest BCUT2D eigenvalue weighted by Crippen LogP contribution is -2.25. The fourth-order valence-corrected chi connectivity index (χ4v) is 1.48. The molecular weight excluding hydrogens is 218 g/mol. The summed E-state index contributed by atoms with van der Waals surface area (Å²) in [5.74, 6) is 0.824. The lowest BCUT2D eigenvalue weighted by Gasteiger charge is -2.05. The average Bonchev–Trinajstić information content (AvgIpc) is 2.37. The Morgan fingerprint density at radius 1 is 1.47 bits per heavy atom. The molecule has 0 radical (unpaired) electrons. The van der Waals surface area contributed by atoms with Crippen LogP contribution in [0.1, 0.15) is 18.4 Å². The minimum absolute atomic E-state index is 0.0151. The lowest BCUT2D eigenvalue weighted by molar-refractivity contribution is -0.121. The predicted molar refractivity (Wildman–Crippen MR) is 66.0 cm³/mol. The first-order valence-corrected chi connectivity index (χ1v) is 5.76. The highest BCUT2D eigenvalue weighted by Crippen LogP contribution is 2.13. The largest absolute Gasteiger partial charge is 0.497 e. The van der Waals surface area contributed by atoms with Crippen molar-refractivity contribution >= 4 is 5.91 Å². The molecule has 0 heterocycles. The molecule has 0 aliphatic rings. The van der Waals surface area contributed by atoms with E-state index in [1.165, 1.54) is 0 Å². The number of ether oxygens (including phenoxy) is 1. The molecule has 1 aromatic rings. The SMILES string of the molecule is COc1cccc(CCC(=O)NCCCO)c1. The number of benzene rings is 1. The normalized spacial score (nSPS) is 10.0. The predicted octanol–water partition coefficient (Wildman–Crippen LogP) is 1.13. The van der Waals surface area contributed by atoms with Crippen molar-refractivity contribution in [3.8, 4) is 5.75 Å². The minimum atomic E-state index is 0.0151. The van der Waals surface area contributed by atoms with Gasteiger partial charge in [0.15, 0.2) is 0 Å². The zero-order valence-corrected chi connectivity index (χ0v) is 10.1. The third kappa shape index (κ3) is 5.36. The van der Waals surface area contributed by atoms with Crippen molar-refractivity contribution < 1.29 is 14.6 Å². The van der Waals surface area contributed by atoms with Crippen LogP contribution in [-0.4, -0.2) is 31.3 Å². The summed E-state index contributed by atoms with van der Waals surface area (Å²) in [5.41, 5.74) is 1.08. The lowest BCUT2D eigenvalue weighted by atomic mass is 10.1. The molecule has 0 atom stereocenters. The molecule has 0 saturated heterocycles. The fourth-order valence-electron chi connectivity index (χ4n) is 1.48. The number of methoxy groups -OCH3 is 1. The maximum Gasteiger partial charge on any atom is 0.220 e. The van der Waals surface area contributed by atoms with E-state index < -0.39 is 0 Å². The first kappa shape index (κ1) is 13.5. The Labute approximate surface area is 102 Å². The Morgan fingerprint density at radius 2 is 2.29 bits per heavy atom. The molecule has 94 valence electrons. The van der Waals surface area contributed by atoms with Crippen LogP contribution in [0.2, 0.25) is 0 Å². The van der Waals surface area contributed by atoms with E-state index in [1.807, 2.05) is 24.3 Å². The molecule has 0 fully saturated rings. The van der Waals surface area contributed by atoms with Crippen LogP contribution in [0.4, 0.5) is 0 Å². The van der Waals surface area contributed by atoms with E-state index in [0.717, 1.165) is 11.3 Å². The summed E-state index contributed by atoms with van der Waals surface area (Å²) >= 11 is 0. The summed E-state index contributed by atoms with van der Waals surface area (Å²) in [6.07, 6.45) is 1.76. The molecule has 0 unspecified atom stereocenters. The average molecular weight is 237 g/mol. The molecule has 0 bridgehead atoms. The van der Waals surface area contributed by atoms with Gasteiger partial charge in [-0.15, -0.1) is 0 Å². The second kappa shape index (κ2) is 7.68. The zero-order chi connectivity index (χ0) is 12.5. The van der Waals surface area contributed by atoms with Gasteiger partial charge in [0.1, 0.15) is 5.75 Å². The van der Waals surface area contributed by atoms with Crippen molar-refractivity contribution in [2.24, 2.45) is 0 Å². The Morgan fingerprint density at radius 3 is 3.00 bits per heavy atom. The summed E-state index contributed by atoms with van der Waals surface area (Å²) in [6.45, 7) is 0.642. The second-order valence-electron chi connectivity index (χ2n) is 3.78. The fraction of sp³-hybridized carbons (Fsp3) is 0.462. The minimum Gasteiger partial charge on any atom is -0.497 e. The van der Waals surface area contributed by atoms with Crippen LogP contribution < -0.4 is 10.1 Å². The van der Waals surface area contributed by atoms with Gasteiger partial charge in [-0.1, -0.05) is 12.1 Å². The molecule has 0 aliphatic heterocycles. The van der Waals surface area contributed by atoms with Crippen LogP contribution in [0, 0.1) is 0 Å². The standard InChI is InChI=1S/C13H19NO3/c1-17-12-5-2-4-11(10-12)6-7-13(16)14-8-3-9-15/h2,4-5,10,15H,3,6-9H2,1H3,(H,14,16). The van der Waals surface area contributed by atoms with Crippen LogP contribution in [0.15, 0.2) is 24.3 Å². The number of aliphatic hydroxyl groups is 1. The Hall–Kier alpha value is -1.55. The monoisotopic (exact) mass is 237 g/mol. The number of hydrogen-bond donors (Lipinski definition) is 2. The molecule has 17 heavy (non-hydrogen) atoms. The van der Waals surface area contributed by atoms with Crippen molar-refractivity contribution in [1.82, 2.24) is 5.32 Å². The van der Waals surface area contributed by atoms with Crippen LogP contribution in [0.5, 0.6) is 5.75 Å². The van der Waals surface area contributed by atoms with E-state index in [0.29, 0.717) is 25.8 Å². The molecule has 1 amide bonds. The Kier molecular flexibility index (Phi) is 6.10. The summed E-state index contributed by atoms with van der Waals surface area (Å²) in [4.78, 5) is 11.4. The summed E-state index contributed by atoms with van der Waals surface area (Å²) in [5, 5.41) is 11.3. The van der Waals surface area contributed by atoms with Gasteiger partial charge >= 0.3 is 0 Å². The van der Waals surface area contributed by atoms with Gasteiger partial charge in [0, 0.05) is 19.6 Å². The highest BCUT2D eigenvalue weighted by Gasteiger charge is 2.02. The van der Waals surface area contributed by atoms with Gasteiger partial charge in [-0.25, -0.2) is 0 Å². The van der Waals surface area contributed by atoms with Crippen LogP contribution in [0.3, 0.4) is 0 Å². The number of nitrogens with one attached hydrogen (secondary N) is 1. The smallest absolute Gasteiger partial charge is 0.220 e. The number of aliphatic hydroxyl groups excluding tert-OH is 1. The van der Waals surface area contributed by atoms with Gasteiger partial charge in [0.05, 0.1) is 7.11 Å². The molecular formula is C13H19NO3. The van der Waals surface area contributed by atoms with Crippen LogP contribution in [0.25, 0.3) is 0 Å². The van der Waals surface area contributed by atoms with Crippen molar-refractivity contribution in [2.75, 3.05) is 20.3 Å². The molecule has 1 rings (SSSR count). The number of carbonyl (C=O) groups is 1. The number of aryl methyl sites for hydroxylation is 1. The molecule has 4 heteroatoms. The van der Waals surface area contributed by atoms with Gasteiger partial charge < -0.3 is 15.2 Å². The summed E-state index contributed by atoms with van der Waals surface area (Å²) < 4.78 is 5.11. The molecule has 1 aromatic carbocycles. The maximum absolute atomic E-state index is 11.4. The van der Waals surface area contributed by atoms with Crippen LogP contribution in [-0.2, 0) is 11.2 Å². The van der Waals surface area contributed by atoms with E-state index in [1.54, 1.807) is 7.11 Å². The van der Waals surface area contributed by atoms with Gasteiger partial charge in [-0.05, 0) is 30.5 Å². The summed E-state index contributed by atoms with van der Waals surface area (Å²) in [7, 11) is 1.63. The third-order valence-electron chi connectivity index (χ3n) is 2.43. The summed E-state index contributed by atoms with van der Waals surface area (Å²) in [6, 6.07) is 7.70. The van der Waals surface area contributed by atoms with E-state index >= 15 is 0 Å². The van der Waals surface area contributed by atoms with Gasteiger partial charge in [-0.3, -0.25) is 4.79 Å². The van der Waals surface area contributed by atoms with Crippen molar-refractivity contribution in [1.29, 1.82) is 0 Å². The third-order valence-corrected chi connectivity index (χ3v) is 2.43. The van der Waals surface area contributed by atoms with Gasteiger partial charge in [0.2, 0.25) is 5.91 Å². The molecule has 0 aliphatic carbocycles. The van der Waals surface area contributed by atoms with E-state index in [4.69, 9.17) is 9.84 Å². The van der Waals surface area contributed by atoms with Crippen molar-refractivity contribution in [3.63, 3.8) is 0 Å². The van der Waals surface area contributed by atoms with E-state index in [-0.39, 0.29) is 12.5 Å². The zero-order valence-electron chi connectivity index (χ0n) is 10.1. The van der Waals surface area contributed by atoms with Crippen molar-refractivity contribution in [2.45, 2.75) is 19.3 Å².